The van der Waals surface area contributed by atoms with Crippen LogP contribution in [0.5, 0.6) is 17.2 Å². The molecule has 0 amide bonds. The Balaban J connectivity index is 3.23. The van der Waals surface area contributed by atoms with Crippen LogP contribution < -0.4 is 14.2 Å². The summed E-state index contributed by atoms with van der Waals surface area (Å²) in [5.74, 6) is 1.75. The molecule has 1 aromatic carbocycles. The lowest BCUT2D eigenvalue weighted by atomic mass is 10.1. The van der Waals surface area contributed by atoms with Crippen molar-refractivity contribution in [2.45, 2.75) is 13.0 Å². The highest BCUT2D eigenvalue weighted by atomic mass is 16.5. The lowest BCUT2D eigenvalue weighted by molar-refractivity contribution is 0.0174. The molecular formula is C13H20O5. The quantitative estimate of drug-likeness (QED) is 0.806. The van der Waals surface area contributed by atoms with Gasteiger partial charge in [-0.05, 0) is 13.0 Å². The van der Waals surface area contributed by atoms with Crippen molar-refractivity contribution in [2.75, 3.05) is 34.5 Å². The normalized spacial score (nSPS) is 12.1. The first-order valence-corrected chi connectivity index (χ1v) is 5.74. The molecule has 0 aromatic heterocycles. The molecule has 1 atom stereocenters. The van der Waals surface area contributed by atoms with E-state index in [2.05, 4.69) is 0 Å². The number of methoxy groups -OCH3 is 3. The van der Waals surface area contributed by atoms with E-state index in [1.807, 2.05) is 6.92 Å². The molecule has 0 aliphatic carbocycles. The van der Waals surface area contributed by atoms with E-state index in [0.29, 0.717) is 23.9 Å². The van der Waals surface area contributed by atoms with Gasteiger partial charge in [0.15, 0.2) is 11.5 Å². The van der Waals surface area contributed by atoms with E-state index >= 15 is 0 Å². The summed E-state index contributed by atoms with van der Waals surface area (Å²) in [6, 6.07) is 3.48. The molecule has 0 bridgehead atoms. The highest BCUT2D eigenvalue weighted by molar-refractivity contribution is 5.51. The zero-order valence-corrected chi connectivity index (χ0v) is 11.2. The average molecular weight is 256 g/mol. The van der Waals surface area contributed by atoms with Crippen molar-refractivity contribution < 1.29 is 24.1 Å². The Labute approximate surface area is 107 Å². The van der Waals surface area contributed by atoms with Gasteiger partial charge in [-0.2, -0.15) is 0 Å². The van der Waals surface area contributed by atoms with E-state index in [4.69, 9.17) is 18.9 Å². The number of aliphatic hydroxyl groups is 1. The topological polar surface area (TPSA) is 57.2 Å². The molecule has 0 saturated carbocycles. The predicted molar refractivity (Wildman–Crippen MR) is 67.6 cm³/mol. The van der Waals surface area contributed by atoms with Gasteiger partial charge in [-0.1, -0.05) is 0 Å². The monoisotopic (exact) mass is 256 g/mol. The van der Waals surface area contributed by atoms with Gasteiger partial charge >= 0.3 is 0 Å². The van der Waals surface area contributed by atoms with E-state index in [9.17, 15) is 5.11 Å². The first kappa shape index (κ1) is 14.6. The van der Waals surface area contributed by atoms with Crippen LogP contribution in [0.4, 0.5) is 0 Å². The number of rotatable bonds is 7. The summed E-state index contributed by atoms with van der Waals surface area (Å²) in [7, 11) is 4.68. The van der Waals surface area contributed by atoms with Crippen LogP contribution in [0, 0.1) is 0 Å². The molecule has 1 rings (SSSR count). The Morgan fingerprint density at radius 3 is 2.00 bits per heavy atom. The van der Waals surface area contributed by atoms with Crippen molar-refractivity contribution in [2.24, 2.45) is 0 Å². The van der Waals surface area contributed by atoms with Gasteiger partial charge in [0.2, 0.25) is 0 Å². The Morgan fingerprint density at radius 2 is 1.56 bits per heavy atom. The van der Waals surface area contributed by atoms with Crippen LogP contribution in [-0.2, 0) is 4.74 Å². The molecule has 0 heterocycles. The molecular weight excluding hydrogens is 236 g/mol. The standard InChI is InChI=1S/C13H20O5/c1-5-18-13(8-14)9-6-11(16-3)12(17-4)7-10(9)15-2/h6-7,13-14H,5,8H2,1-4H3/t13-/m1/s1. The van der Waals surface area contributed by atoms with Crippen LogP contribution in [0.25, 0.3) is 0 Å². The van der Waals surface area contributed by atoms with Crippen LogP contribution in [0.3, 0.4) is 0 Å². The fourth-order valence-electron chi connectivity index (χ4n) is 1.75. The van der Waals surface area contributed by atoms with Gasteiger partial charge in [0, 0.05) is 18.2 Å². The number of ether oxygens (including phenoxy) is 4. The fourth-order valence-corrected chi connectivity index (χ4v) is 1.75. The highest BCUT2D eigenvalue weighted by Gasteiger charge is 2.19. The summed E-state index contributed by atoms with van der Waals surface area (Å²) < 4.78 is 21.2. The Morgan fingerprint density at radius 1 is 1.00 bits per heavy atom. The van der Waals surface area contributed by atoms with Crippen molar-refractivity contribution in [1.82, 2.24) is 0 Å². The van der Waals surface area contributed by atoms with Crippen LogP contribution in [-0.4, -0.2) is 39.6 Å². The maximum Gasteiger partial charge on any atom is 0.164 e. The fraction of sp³-hybridized carbons (Fsp3) is 0.538. The van der Waals surface area contributed by atoms with E-state index in [-0.39, 0.29) is 6.61 Å². The third-order valence-corrected chi connectivity index (χ3v) is 2.62. The van der Waals surface area contributed by atoms with Gasteiger partial charge in [0.1, 0.15) is 11.9 Å². The zero-order chi connectivity index (χ0) is 13.5. The zero-order valence-electron chi connectivity index (χ0n) is 11.2. The Kier molecular flexibility index (Phi) is 5.74. The van der Waals surface area contributed by atoms with Crippen molar-refractivity contribution in [3.8, 4) is 17.2 Å². The molecule has 0 radical (unpaired) electrons. The average Bonchev–Trinajstić information content (AvgIpc) is 2.43. The van der Waals surface area contributed by atoms with Crippen LogP contribution in [0.2, 0.25) is 0 Å². The Hall–Kier alpha value is -1.46. The lowest BCUT2D eigenvalue weighted by Gasteiger charge is -2.20. The molecule has 5 heteroatoms. The number of aliphatic hydroxyl groups excluding tert-OH is 1. The van der Waals surface area contributed by atoms with E-state index in [1.54, 1.807) is 33.5 Å². The van der Waals surface area contributed by atoms with Gasteiger partial charge in [0.25, 0.3) is 0 Å². The molecule has 0 saturated heterocycles. The maximum absolute atomic E-state index is 9.37. The molecule has 0 aliphatic rings. The van der Waals surface area contributed by atoms with Gasteiger partial charge in [-0.15, -0.1) is 0 Å². The van der Waals surface area contributed by atoms with E-state index in [1.165, 1.54) is 0 Å². The molecule has 102 valence electrons. The summed E-state index contributed by atoms with van der Waals surface area (Å²) >= 11 is 0. The molecule has 18 heavy (non-hydrogen) atoms. The van der Waals surface area contributed by atoms with Crippen molar-refractivity contribution in [1.29, 1.82) is 0 Å². The van der Waals surface area contributed by atoms with Crippen LogP contribution in [0.15, 0.2) is 12.1 Å². The second-order valence-corrected chi connectivity index (χ2v) is 3.58. The third-order valence-electron chi connectivity index (χ3n) is 2.62. The molecule has 0 fully saturated rings. The first-order chi connectivity index (χ1) is 8.71. The number of hydrogen-bond donors (Lipinski definition) is 1. The van der Waals surface area contributed by atoms with Crippen molar-refractivity contribution >= 4 is 0 Å². The summed E-state index contributed by atoms with van der Waals surface area (Å²) in [5.41, 5.74) is 0.736. The number of benzene rings is 1. The summed E-state index contributed by atoms with van der Waals surface area (Å²) in [4.78, 5) is 0. The molecule has 1 aromatic rings. The van der Waals surface area contributed by atoms with Crippen LogP contribution in [0.1, 0.15) is 18.6 Å². The minimum Gasteiger partial charge on any atom is -0.496 e. The molecule has 1 N–H and O–H groups in total. The van der Waals surface area contributed by atoms with Gasteiger partial charge < -0.3 is 24.1 Å². The summed E-state index contributed by atoms with van der Waals surface area (Å²) in [5, 5.41) is 9.37. The second-order valence-electron chi connectivity index (χ2n) is 3.58. The predicted octanol–water partition coefficient (Wildman–Crippen LogP) is 1.78. The van der Waals surface area contributed by atoms with E-state index in [0.717, 1.165) is 5.56 Å². The van der Waals surface area contributed by atoms with Crippen molar-refractivity contribution in [3.05, 3.63) is 17.7 Å². The van der Waals surface area contributed by atoms with Crippen LogP contribution >= 0.6 is 0 Å². The van der Waals surface area contributed by atoms with Crippen molar-refractivity contribution in [3.63, 3.8) is 0 Å². The SMILES string of the molecule is CCO[C@H](CO)c1cc(OC)c(OC)cc1OC. The molecule has 0 aliphatic heterocycles. The minimum atomic E-state index is -0.440. The van der Waals surface area contributed by atoms with Gasteiger partial charge in [-0.25, -0.2) is 0 Å². The minimum absolute atomic E-state index is 0.125. The Bertz CT molecular complexity index is 378. The largest absolute Gasteiger partial charge is 0.496 e. The van der Waals surface area contributed by atoms with Gasteiger partial charge in [0.05, 0.1) is 27.9 Å². The highest BCUT2D eigenvalue weighted by Crippen LogP contribution is 2.38. The van der Waals surface area contributed by atoms with E-state index < -0.39 is 6.10 Å². The second kappa shape index (κ2) is 7.08. The molecule has 0 unspecified atom stereocenters. The first-order valence-electron chi connectivity index (χ1n) is 5.74. The summed E-state index contributed by atoms with van der Waals surface area (Å²) in [6.07, 6.45) is -0.440. The smallest absolute Gasteiger partial charge is 0.164 e. The summed E-state index contributed by atoms with van der Waals surface area (Å²) in [6.45, 7) is 2.25. The maximum atomic E-state index is 9.37. The van der Waals surface area contributed by atoms with Gasteiger partial charge in [-0.3, -0.25) is 0 Å². The molecule has 0 spiro atoms. The number of hydrogen-bond acceptors (Lipinski definition) is 5. The molecule has 5 nitrogen and oxygen atoms in total. The lowest BCUT2D eigenvalue weighted by Crippen LogP contribution is -2.11. The third kappa shape index (κ3) is 3.05.